The smallest absolute Gasteiger partial charge is 0.321 e. The van der Waals surface area contributed by atoms with Crippen LogP contribution in [0.3, 0.4) is 0 Å². The minimum absolute atomic E-state index is 0.298. The van der Waals surface area contributed by atoms with E-state index < -0.39 is 12.0 Å². The number of carboxylic acids is 1. The summed E-state index contributed by atoms with van der Waals surface area (Å²) in [6.45, 7) is 2.96. The molecule has 2 N–H and O–H groups in total. The zero-order valence-corrected chi connectivity index (χ0v) is 19.0. The fourth-order valence-electron chi connectivity index (χ4n) is 3.50. The lowest BCUT2D eigenvalue weighted by Crippen LogP contribution is -2.38. The van der Waals surface area contributed by atoms with Crippen molar-refractivity contribution in [3.63, 3.8) is 0 Å². The number of unbranched alkanes of at least 4 members (excludes halogenated alkanes) is 1. The summed E-state index contributed by atoms with van der Waals surface area (Å²) in [5.74, 6) is -0.0122. The molecule has 0 aliphatic rings. The van der Waals surface area contributed by atoms with Gasteiger partial charge in [0.05, 0.1) is 12.2 Å². The van der Waals surface area contributed by atoms with E-state index in [1.807, 2.05) is 54.6 Å². The summed E-state index contributed by atoms with van der Waals surface area (Å²) in [6.07, 6.45) is 3.22. The fourth-order valence-corrected chi connectivity index (χ4v) is 3.96. The van der Waals surface area contributed by atoms with E-state index in [0.29, 0.717) is 29.7 Å². The minimum Gasteiger partial charge on any atom is -0.480 e. The van der Waals surface area contributed by atoms with Gasteiger partial charge in [-0.2, -0.15) is 0 Å². The lowest BCUT2D eigenvalue weighted by molar-refractivity contribution is -0.139. The summed E-state index contributed by atoms with van der Waals surface area (Å²) >= 11 is 12.9. The van der Waals surface area contributed by atoms with Crippen LogP contribution in [0.15, 0.2) is 54.6 Å². The number of halogens is 2. The normalized spacial score (nSPS) is 12.1. The van der Waals surface area contributed by atoms with Crippen LogP contribution in [0.4, 0.5) is 0 Å². The number of benzene rings is 2. The fraction of sp³-hybridized carbons (Fsp3) is 0.333. The van der Waals surface area contributed by atoms with E-state index in [-0.39, 0.29) is 0 Å². The van der Waals surface area contributed by atoms with E-state index in [2.05, 4.69) is 21.8 Å². The summed E-state index contributed by atoms with van der Waals surface area (Å²) in [5.41, 5.74) is 2.70. The minimum atomic E-state index is -0.900. The molecule has 0 saturated heterocycles. The Morgan fingerprint density at radius 2 is 1.84 bits per heavy atom. The van der Waals surface area contributed by atoms with Crippen LogP contribution in [0.5, 0.6) is 0 Å². The third-order valence-electron chi connectivity index (χ3n) is 5.24. The van der Waals surface area contributed by atoms with E-state index in [1.165, 1.54) is 0 Å². The van der Waals surface area contributed by atoms with Gasteiger partial charge in [0.15, 0.2) is 5.15 Å². The third-order valence-corrected chi connectivity index (χ3v) is 5.91. The molecule has 1 unspecified atom stereocenters. The second-order valence-corrected chi connectivity index (χ2v) is 8.27. The lowest BCUT2D eigenvalue weighted by atomic mass is 10.1. The number of nitrogens with one attached hydrogen (secondary N) is 1. The predicted octanol–water partition coefficient (Wildman–Crippen LogP) is 5.37. The largest absolute Gasteiger partial charge is 0.480 e. The van der Waals surface area contributed by atoms with Gasteiger partial charge in [-0.25, -0.2) is 4.98 Å². The van der Waals surface area contributed by atoms with Crippen LogP contribution in [0.2, 0.25) is 10.2 Å². The van der Waals surface area contributed by atoms with Crippen LogP contribution in [0.25, 0.3) is 0 Å². The number of hydrogen-bond donors (Lipinski definition) is 2. The number of aryl methyl sites for hydroxylation is 1. The Morgan fingerprint density at radius 3 is 2.52 bits per heavy atom. The van der Waals surface area contributed by atoms with Gasteiger partial charge in [-0.1, -0.05) is 85.1 Å². The number of rotatable bonds is 11. The number of aliphatic carboxylic acids is 1. The quantitative estimate of drug-likeness (QED) is 0.404. The van der Waals surface area contributed by atoms with E-state index >= 15 is 0 Å². The molecule has 1 atom stereocenters. The maximum atomic E-state index is 11.8. The molecule has 0 saturated carbocycles. The Morgan fingerprint density at radius 1 is 1.13 bits per heavy atom. The molecule has 3 aromatic rings. The first kappa shape index (κ1) is 23.3. The molecule has 0 bridgehead atoms. The van der Waals surface area contributed by atoms with Gasteiger partial charge in [0.25, 0.3) is 0 Å². The number of hydrogen-bond acceptors (Lipinski definition) is 3. The summed E-state index contributed by atoms with van der Waals surface area (Å²) in [5, 5.41) is 13.9. The molecule has 0 amide bonds. The molecule has 2 aromatic carbocycles. The molecule has 5 nitrogen and oxygen atoms in total. The molecule has 0 aliphatic carbocycles. The lowest BCUT2D eigenvalue weighted by Gasteiger charge is -2.17. The van der Waals surface area contributed by atoms with E-state index in [0.717, 1.165) is 41.9 Å². The Balaban J connectivity index is 1.84. The molecule has 7 heteroatoms. The summed E-state index contributed by atoms with van der Waals surface area (Å²) < 4.78 is 2.06. The Hall–Kier alpha value is -2.34. The van der Waals surface area contributed by atoms with Crippen molar-refractivity contribution >= 4 is 29.2 Å². The van der Waals surface area contributed by atoms with Crippen molar-refractivity contribution in [1.29, 1.82) is 0 Å². The van der Waals surface area contributed by atoms with Gasteiger partial charge >= 0.3 is 5.97 Å². The molecule has 0 spiro atoms. The first-order chi connectivity index (χ1) is 15.0. The van der Waals surface area contributed by atoms with Crippen molar-refractivity contribution in [3.05, 3.63) is 87.4 Å². The van der Waals surface area contributed by atoms with Crippen LogP contribution in [0.1, 0.15) is 42.4 Å². The Labute approximate surface area is 193 Å². The summed E-state index contributed by atoms with van der Waals surface area (Å²) in [4.78, 5) is 16.4. The van der Waals surface area contributed by atoms with Gasteiger partial charge < -0.3 is 9.67 Å². The molecular weight excluding hydrogens is 433 g/mol. The van der Waals surface area contributed by atoms with E-state index in [1.54, 1.807) is 0 Å². The number of imidazole rings is 1. The van der Waals surface area contributed by atoms with Crippen molar-refractivity contribution in [2.24, 2.45) is 0 Å². The van der Waals surface area contributed by atoms with Crippen LogP contribution in [-0.4, -0.2) is 26.7 Å². The first-order valence-electron chi connectivity index (χ1n) is 10.5. The molecule has 0 fully saturated rings. The Bertz CT molecular complexity index is 1010. The van der Waals surface area contributed by atoms with Crippen LogP contribution in [-0.2, 0) is 30.7 Å². The zero-order chi connectivity index (χ0) is 22.2. The topological polar surface area (TPSA) is 67.2 Å². The number of carbonyl (C=O) groups is 1. The second-order valence-electron chi connectivity index (χ2n) is 7.51. The number of carboxylic acid groups (broad SMARTS) is 1. The van der Waals surface area contributed by atoms with Crippen LogP contribution < -0.4 is 5.32 Å². The van der Waals surface area contributed by atoms with Gasteiger partial charge in [0.2, 0.25) is 0 Å². The van der Waals surface area contributed by atoms with Crippen molar-refractivity contribution in [2.75, 3.05) is 0 Å². The van der Waals surface area contributed by atoms with Crippen LogP contribution >= 0.6 is 23.2 Å². The standard InChI is InChI=1S/C24H27Cl2N3O2/c1-2-3-13-22-28-23(26)21(29(22)16-18-11-7-8-12-19(18)25)15-27-20(24(30)31)14-17-9-5-4-6-10-17/h4-12,20,27H,2-3,13-16H2,1H3,(H,30,31). The van der Waals surface area contributed by atoms with Gasteiger partial charge in [-0.05, 0) is 30.0 Å². The molecule has 1 heterocycles. The maximum absolute atomic E-state index is 11.8. The van der Waals surface area contributed by atoms with Crippen molar-refractivity contribution in [1.82, 2.24) is 14.9 Å². The zero-order valence-electron chi connectivity index (χ0n) is 17.5. The number of nitrogens with zero attached hydrogens (tertiary/aromatic N) is 2. The molecular formula is C24H27Cl2N3O2. The van der Waals surface area contributed by atoms with Gasteiger partial charge in [0.1, 0.15) is 11.9 Å². The SMILES string of the molecule is CCCCc1nc(Cl)c(CNC(Cc2ccccc2)C(=O)O)n1Cc1ccccc1Cl. The highest BCUT2D eigenvalue weighted by Crippen LogP contribution is 2.24. The average molecular weight is 460 g/mol. The molecule has 1 aromatic heterocycles. The monoisotopic (exact) mass is 459 g/mol. The average Bonchev–Trinajstić information content (AvgIpc) is 3.06. The highest BCUT2D eigenvalue weighted by atomic mass is 35.5. The van der Waals surface area contributed by atoms with Crippen LogP contribution in [0, 0.1) is 0 Å². The van der Waals surface area contributed by atoms with Crippen molar-refractivity contribution in [2.45, 2.75) is 51.7 Å². The molecule has 3 rings (SSSR count). The van der Waals surface area contributed by atoms with Gasteiger partial charge in [0, 0.05) is 18.0 Å². The second kappa shape index (κ2) is 11.3. The van der Waals surface area contributed by atoms with E-state index in [4.69, 9.17) is 23.2 Å². The van der Waals surface area contributed by atoms with E-state index in [9.17, 15) is 9.90 Å². The van der Waals surface area contributed by atoms with Gasteiger partial charge in [-0.3, -0.25) is 10.1 Å². The molecule has 0 radical (unpaired) electrons. The molecule has 164 valence electrons. The first-order valence-corrected chi connectivity index (χ1v) is 11.2. The van der Waals surface area contributed by atoms with Crippen molar-refractivity contribution < 1.29 is 9.90 Å². The molecule has 31 heavy (non-hydrogen) atoms. The van der Waals surface area contributed by atoms with Crippen molar-refractivity contribution in [3.8, 4) is 0 Å². The predicted molar refractivity (Wildman–Crippen MR) is 125 cm³/mol. The van der Waals surface area contributed by atoms with Gasteiger partial charge in [-0.15, -0.1) is 0 Å². The summed E-state index contributed by atoms with van der Waals surface area (Å²) in [6, 6.07) is 16.5. The highest BCUT2D eigenvalue weighted by Gasteiger charge is 2.21. The third kappa shape index (κ3) is 6.33. The number of aromatic nitrogens is 2. The Kier molecular flexibility index (Phi) is 8.52. The summed E-state index contributed by atoms with van der Waals surface area (Å²) in [7, 11) is 0. The molecule has 0 aliphatic heterocycles. The highest BCUT2D eigenvalue weighted by molar-refractivity contribution is 6.31. The maximum Gasteiger partial charge on any atom is 0.321 e.